The van der Waals surface area contributed by atoms with Crippen LogP contribution in [-0.2, 0) is 0 Å². The first-order chi connectivity index (χ1) is 10.3. The quantitative estimate of drug-likeness (QED) is 0.600. The van der Waals surface area contributed by atoms with E-state index in [4.69, 9.17) is 4.74 Å². The summed E-state index contributed by atoms with van der Waals surface area (Å²) in [5.74, 6) is 2.61. The second-order valence-corrected chi connectivity index (χ2v) is 7.70. The van der Waals surface area contributed by atoms with Crippen molar-refractivity contribution < 1.29 is 4.74 Å². The predicted molar refractivity (Wildman–Crippen MR) is 92.3 cm³/mol. The van der Waals surface area contributed by atoms with Gasteiger partial charge in [-0.1, -0.05) is 54.5 Å². The van der Waals surface area contributed by atoms with Gasteiger partial charge in [-0.15, -0.1) is 0 Å². The molecule has 0 amide bonds. The molecule has 1 aromatic carbocycles. The lowest BCUT2D eigenvalue weighted by Gasteiger charge is -2.29. The highest BCUT2D eigenvalue weighted by molar-refractivity contribution is 9.10. The molecule has 0 spiro atoms. The monoisotopic (exact) mass is 350 g/mol. The van der Waals surface area contributed by atoms with Crippen LogP contribution >= 0.6 is 15.9 Å². The van der Waals surface area contributed by atoms with Gasteiger partial charge in [0.2, 0.25) is 0 Å². The van der Waals surface area contributed by atoms with Crippen molar-refractivity contribution in [2.45, 2.75) is 76.0 Å². The first-order valence-corrected chi connectivity index (χ1v) is 9.46. The maximum absolute atomic E-state index is 5.92. The second kappa shape index (κ2) is 7.17. The van der Waals surface area contributed by atoms with Crippen molar-refractivity contribution in [2.75, 3.05) is 7.11 Å². The molecule has 2 saturated carbocycles. The fourth-order valence-corrected chi connectivity index (χ4v) is 4.80. The minimum atomic E-state index is 0.702. The van der Waals surface area contributed by atoms with E-state index in [1.165, 1.54) is 85.6 Å². The zero-order chi connectivity index (χ0) is 14.7. The zero-order valence-electron chi connectivity index (χ0n) is 13.2. The Kier molecular flexibility index (Phi) is 5.26. The molecule has 0 atom stereocenters. The van der Waals surface area contributed by atoms with Crippen LogP contribution < -0.4 is 4.74 Å². The fraction of sp³-hybridized carbons (Fsp3) is 0.684. The smallest absolute Gasteiger partial charge is 0.125 e. The lowest BCUT2D eigenvalue weighted by molar-refractivity contribution is 0.368. The van der Waals surface area contributed by atoms with Crippen LogP contribution in [-0.4, -0.2) is 7.11 Å². The van der Waals surface area contributed by atoms with Crippen LogP contribution in [0, 0.1) is 0 Å². The van der Waals surface area contributed by atoms with E-state index < -0.39 is 0 Å². The third-order valence-corrected chi connectivity index (χ3v) is 5.86. The average molecular weight is 351 g/mol. The van der Waals surface area contributed by atoms with E-state index in [2.05, 4.69) is 28.1 Å². The highest BCUT2D eigenvalue weighted by Crippen LogP contribution is 2.45. The summed E-state index contributed by atoms with van der Waals surface area (Å²) in [4.78, 5) is 0. The van der Waals surface area contributed by atoms with E-state index in [1.807, 2.05) is 7.11 Å². The molecular weight excluding hydrogens is 324 g/mol. The maximum atomic E-state index is 5.92. The molecule has 0 saturated heterocycles. The summed E-state index contributed by atoms with van der Waals surface area (Å²) in [5.41, 5.74) is 2.93. The Bertz CT molecular complexity index is 431. The van der Waals surface area contributed by atoms with Gasteiger partial charge in [0.25, 0.3) is 0 Å². The summed E-state index contributed by atoms with van der Waals surface area (Å²) in [6.45, 7) is 0. The van der Waals surface area contributed by atoms with Crippen LogP contribution in [0.4, 0.5) is 0 Å². The minimum absolute atomic E-state index is 0.702. The third kappa shape index (κ3) is 3.47. The maximum Gasteiger partial charge on any atom is 0.125 e. The number of benzene rings is 1. The highest BCUT2D eigenvalue weighted by atomic mass is 79.9. The normalized spacial score (nSPS) is 21.4. The SMILES string of the molecule is COc1c(C2CCCCC2)cc(Br)cc1C1CCCCC1. The van der Waals surface area contributed by atoms with Crippen molar-refractivity contribution in [3.05, 3.63) is 27.7 Å². The van der Waals surface area contributed by atoms with Gasteiger partial charge in [-0.3, -0.25) is 0 Å². The first kappa shape index (κ1) is 15.4. The van der Waals surface area contributed by atoms with E-state index in [0.29, 0.717) is 11.8 Å². The molecule has 0 N–H and O–H groups in total. The number of rotatable bonds is 3. The molecule has 2 fully saturated rings. The van der Waals surface area contributed by atoms with E-state index in [1.54, 1.807) is 0 Å². The summed E-state index contributed by atoms with van der Waals surface area (Å²) in [7, 11) is 1.86. The van der Waals surface area contributed by atoms with Crippen LogP contribution in [0.15, 0.2) is 16.6 Å². The number of methoxy groups -OCH3 is 1. The van der Waals surface area contributed by atoms with Crippen molar-refractivity contribution in [1.82, 2.24) is 0 Å². The Labute approximate surface area is 137 Å². The van der Waals surface area contributed by atoms with Crippen molar-refractivity contribution in [2.24, 2.45) is 0 Å². The van der Waals surface area contributed by atoms with Crippen LogP contribution in [0.5, 0.6) is 5.75 Å². The van der Waals surface area contributed by atoms with Gasteiger partial charge >= 0.3 is 0 Å². The van der Waals surface area contributed by atoms with Crippen molar-refractivity contribution >= 4 is 15.9 Å². The number of hydrogen-bond donors (Lipinski definition) is 0. The Hall–Kier alpha value is -0.500. The number of ether oxygens (including phenoxy) is 1. The second-order valence-electron chi connectivity index (χ2n) is 6.79. The van der Waals surface area contributed by atoms with E-state index in [-0.39, 0.29) is 0 Å². The van der Waals surface area contributed by atoms with E-state index in [0.717, 1.165) is 0 Å². The Morgan fingerprint density at radius 2 is 1.24 bits per heavy atom. The molecule has 1 nitrogen and oxygen atoms in total. The summed E-state index contributed by atoms with van der Waals surface area (Å²) >= 11 is 3.75. The van der Waals surface area contributed by atoms with E-state index >= 15 is 0 Å². The number of hydrogen-bond acceptors (Lipinski definition) is 1. The van der Waals surface area contributed by atoms with Crippen LogP contribution in [0.25, 0.3) is 0 Å². The molecule has 0 heterocycles. The van der Waals surface area contributed by atoms with Gasteiger partial charge in [-0.25, -0.2) is 0 Å². The lowest BCUT2D eigenvalue weighted by atomic mass is 9.79. The Balaban J connectivity index is 1.96. The topological polar surface area (TPSA) is 9.23 Å². The summed E-state index contributed by atoms with van der Waals surface area (Å²) in [6, 6.07) is 4.64. The standard InChI is InChI=1S/C19H27BrO/c1-21-19-17(14-8-4-2-5-9-14)12-16(20)13-18(19)15-10-6-3-7-11-15/h12-15H,2-11H2,1H3. The third-order valence-electron chi connectivity index (χ3n) is 5.41. The van der Waals surface area contributed by atoms with Crippen LogP contribution in [0.3, 0.4) is 0 Å². The molecule has 2 aliphatic carbocycles. The molecule has 21 heavy (non-hydrogen) atoms. The first-order valence-electron chi connectivity index (χ1n) is 8.67. The van der Waals surface area contributed by atoms with Gasteiger partial charge in [0, 0.05) is 4.47 Å². The van der Waals surface area contributed by atoms with E-state index in [9.17, 15) is 0 Å². The molecule has 0 aliphatic heterocycles. The minimum Gasteiger partial charge on any atom is -0.496 e. The Morgan fingerprint density at radius 3 is 1.62 bits per heavy atom. The fourth-order valence-electron chi connectivity index (χ4n) is 4.31. The molecule has 0 radical (unpaired) electrons. The predicted octanol–water partition coefficient (Wildman–Crippen LogP) is 6.55. The Morgan fingerprint density at radius 1 is 0.810 bits per heavy atom. The molecule has 1 aromatic rings. The van der Waals surface area contributed by atoms with Gasteiger partial charge in [0.15, 0.2) is 0 Å². The van der Waals surface area contributed by atoms with Gasteiger partial charge in [-0.05, 0) is 60.8 Å². The lowest BCUT2D eigenvalue weighted by Crippen LogP contribution is -2.11. The summed E-state index contributed by atoms with van der Waals surface area (Å²) in [5, 5.41) is 0. The van der Waals surface area contributed by atoms with Crippen molar-refractivity contribution in [3.63, 3.8) is 0 Å². The molecule has 3 rings (SSSR count). The average Bonchev–Trinajstić information content (AvgIpc) is 2.55. The summed E-state index contributed by atoms with van der Waals surface area (Å²) in [6.07, 6.45) is 13.6. The molecule has 116 valence electrons. The van der Waals surface area contributed by atoms with Crippen LogP contribution in [0.1, 0.15) is 87.2 Å². The number of halogens is 1. The molecular formula is C19H27BrO. The van der Waals surface area contributed by atoms with Gasteiger partial charge in [-0.2, -0.15) is 0 Å². The zero-order valence-corrected chi connectivity index (χ0v) is 14.8. The highest BCUT2D eigenvalue weighted by Gasteiger charge is 2.25. The summed E-state index contributed by atoms with van der Waals surface area (Å²) < 4.78 is 7.16. The van der Waals surface area contributed by atoms with Gasteiger partial charge in [0.1, 0.15) is 5.75 Å². The van der Waals surface area contributed by atoms with Crippen molar-refractivity contribution in [3.8, 4) is 5.75 Å². The molecule has 0 unspecified atom stereocenters. The van der Waals surface area contributed by atoms with Crippen molar-refractivity contribution in [1.29, 1.82) is 0 Å². The molecule has 2 heteroatoms. The molecule has 0 bridgehead atoms. The van der Waals surface area contributed by atoms with Gasteiger partial charge in [0.05, 0.1) is 7.11 Å². The largest absolute Gasteiger partial charge is 0.496 e. The molecule has 0 aromatic heterocycles. The van der Waals surface area contributed by atoms with Gasteiger partial charge < -0.3 is 4.74 Å². The molecule has 2 aliphatic rings. The van der Waals surface area contributed by atoms with Crippen LogP contribution in [0.2, 0.25) is 0 Å².